The first-order chi connectivity index (χ1) is 10.0. The van der Waals surface area contributed by atoms with Crippen molar-refractivity contribution in [2.75, 3.05) is 13.1 Å². The summed E-state index contributed by atoms with van der Waals surface area (Å²) >= 11 is 0. The van der Waals surface area contributed by atoms with Gasteiger partial charge in [0.25, 0.3) is 5.91 Å². The van der Waals surface area contributed by atoms with Crippen LogP contribution < -0.4 is 0 Å². The fraction of sp³-hybridized carbons (Fsp3) is 0.125. The van der Waals surface area contributed by atoms with Gasteiger partial charge in [-0.25, -0.2) is 4.39 Å². The molecule has 2 aromatic carbocycles. The molecule has 5 heteroatoms. The fourth-order valence-electron chi connectivity index (χ4n) is 2.09. The maximum Gasteiger partial charge on any atom is 0.323 e. The lowest BCUT2D eigenvalue weighted by Gasteiger charge is -2.19. The van der Waals surface area contributed by atoms with Crippen molar-refractivity contribution in [2.45, 2.75) is 0 Å². The summed E-state index contributed by atoms with van der Waals surface area (Å²) in [6.45, 7) is -0.633. The highest BCUT2D eigenvalue weighted by molar-refractivity contribution is 6.07. The van der Waals surface area contributed by atoms with Crippen molar-refractivity contribution in [1.29, 1.82) is 0 Å². The second kappa shape index (κ2) is 6.06. The van der Waals surface area contributed by atoms with Gasteiger partial charge in [0.2, 0.25) is 0 Å². The van der Waals surface area contributed by atoms with Gasteiger partial charge in [-0.1, -0.05) is 30.2 Å². The predicted octanol–water partition coefficient (Wildman–Crippen LogP) is 2.14. The van der Waals surface area contributed by atoms with Crippen LogP contribution in [-0.4, -0.2) is 35.0 Å². The number of nitrogens with zero attached hydrogens (tertiary/aromatic N) is 1. The Morgan fingerprint density at radius 2 is 1.86 bits per heavy atom. The Morgan fingerprint density at radius 1 is 1.19 bits per heavy atom. The number of carboxylic acid groups (broad SMARTS) is 1. The van der Waals surface area contributed by atoms with Gasteiger partial charge >= 0.3 is 5.97 Å². The summed E-state index contributed by atoms with van der Waals surface area (Å²) in [5, 5.41) is 9.57. The van der Waals surface area contributed by atoms with Gasteiger partial charge in [0.15, 0.2) is 0 Å². The third kappa shape index (κ3) is 3.00. The van der Waals surface area contributed by atoms with E-state index in [-0.39, 0.29) is 12.1 Å². The molecule has 0 saturated heterocycles. The normalized spacial score (nSPS) is 10.1. The summed E-state index contributed by atoms with van der Waals surface area (Å²) in [6.07, 6.45) is 5.16. The molecule has 1 amide bonds. The van der Waals surface area contributed by atoms with Gasteiger partial charge in [-0.3, -0.25) is 9.59 Å². The number of carboxylic acids is 1. The fourth-order valence-corrected chi connectivity index (χ4v) is 2.09. The topological polar surface area (TPSA) is 57.6 Å². The molecule has 0 heterocycles. The van der Waals surface area contributed by atoms with E-state index in [0.29, 0.717) is 10.8 Å². The highest BCUT2D eigenvalue weighted by atomic mass is 19.1. The number of fused-ring (bicyclic) bond motifs is 1. The second-order valence-electron chi connectivity index (χ2n) is 4.40. The van der Waals surface area contributed by atoms with Crippen LogP contribution in [0, 0.1) is 18.2 Å². The average Bonchev–Trinajstić information content (AvgIpc) is 2.46. The Bertz CT molecular complexity index is 749. The van der Waals surface area contributed by atoms with Gasteiger partial charge in [0.05, 0.1) is 6.54 Å². The summed E-state index contributed by atoms with van der Waals surface area (Å²) in [5.41, 5.74) is 0.225. The Balaban J connectivity index is 2.50. The zero-order chi connectivity index (χ0) is 15.4. The maximum absolute atomic E-state index is 13.7. The first-order valence-corrected chi connectivity index (χ1v) is 6.16. The van der Waals surface area contributed by atoms with E-state index in [1.165, 1.54) is 12.1 Å². The minimum absolute atomic E-state index is 0.128. The van der Waals surface area contributed by atoms with Crippen molar-refractivity contribution in [3.63, 3.8) is 0 Å². The summed E-state index contributed by atoms with van der Waals surface area (Å²) in [7, 11) is 0. The number of rotatable bonds is 4. The van der Waals surface area contributed by atoms with Crippen LogP contribution in [-0.2, 0) is 4.79 Å². The molecule has 0 aliphatic carbocycles. The number of terminal acetylenes is 1. The molecule has 2 aromatic rings. The average molecular weight is 285 g/mol. The number of carbonyl (C=O) groups excluding carboxylic acids is 1. The van der Waals surface area contributed by atoms with Gasteiger partial charge in [-0.05, 0) is 17.5 Å². The zero-order valence-electron chi connectivity index (χ0n) is 11.0. The number of aliphatic carboxylic acids is 1. The molecule has 4 nitrogen and oxygen atoms in total. The molecule has 0 bridgehead atoms. The van der Waals surface area contributed by atoms with Crippen LogP contribution >= 0.6 is 0 Å². The van der Waals surface area contributed by atoms with E-state index in [9.17, 15) is 14.0 Å². The largest absolute Gasteiger partial charge is 0.480 e. The lowest BCUT2D eigenvalue weighted by atomic mass is 10.0. The van der Waals surface area contributed by atoms with Crippen molar-refractivity contribution in [3.05, 3.63) is 47.8 Å². The van der Waals surface area contributed by atoms with Gasteiger partial charge in [-0.15, -0.1) is 6.42 Å². The van der Waals surface area contributed by atoms with Gasteiger partial charge in [-0.2, -0.15) is 0 Å². The lowest BCUT2D eigenvalue weighted by molar-refractivity contribution is -0.137. The van der Waals surface area contributed by atoms with Crippen molar-refractivity contribution >= 4 is 22.6 Å². The number of hydrogen-bond acceptors (Lipinski definition) is 2. The molecule has 21 heavy (non-hydrogen) atoms. The van der Waals surface area contributed by atoms with E-state index in [1.54, 1.807) is 24.3 Å². The van der Waals surface area contributed by atoms with Crippen molar-refractivity contribution in [2.24, 2.45) is 0 Å². The third-order valence-electron chi connectivity index (χ3n) is 3.00. The highest BCUT2D eigenvalue weighted by Gasteiger charge is 2.20. The first-order valence-electron chi connectivity index (χ1n) is 6.16. The molecule has 0 spiro atoms. The molecule has 0 aromatic heterocycles. The van der Waals surface area contributed by atoms with Crippen molar-refractivity contribution in [1.82, 2.24) is 4.90 Å². The van der Waals surface area contributed by atoms with Crippen LogP contribution in [0.2, 0.25) is 0 Å². The van der Waals surface area contributed by atoms with Gasteiger partial charge in [0.1, 0.15) is 12.4 Å². The molecule has 0 atom stereocenters. The number of carbonyl (C=O) groups is 2. The molecular formula is C16H12FNO3. The lowest BCUT2D eigenvalue weighted by Crippen LogP contribution is -2.36. The van der Waals surface area contributed by atoms with E-state index in [2.05, 4.69) is 5.92 Å². The molecule has 0 unspecified atom stereocenters. The minimum Gasteiger partial charge on any atom is -0.480 e. The summed E-state index contributed by atoms with van der Waals surface area (Å²) in [6, 6.07) is 9.04. The molecule has 0 saturated carbocycles. The summed E-state index contributed by atoms with van der Waals surface area (Å²) < 4.78 is 13.7. The van der Waals surface area contributed by atoms with E-state index >= 15 is 0 Å². The summed E-state index contributed by atoms with van der Waals surface area (Å²) in [4.78, 5) is 24.3. The molecule has 0 aliphatic heterocycles. The minimum atomic E-state index is -1.16. The van der Waals surface area contributed by atoms with Crippen LogP contribution in [0.4, 0.5) is 4.39 Å². The Hall–Kier alpha value is -2.87. The molecule has 0 fully saturated rings. The second-order valence-corrected chi connectivity index (χ2v) is 4.40. The first kappa shape index (κ1) is 14.5. The van der Waals surface area contributed by atoms with Crippen LogP contribution in [0.15, 0.2) is 36.4 Å². The standard InChI is InChI=1S/C16H12FNO3/c1-2-9-18(10-15(19)20)16(21)13-7-8-14(17)12-6-4-3-5-11(12)13/h1,3-8H,9-10H2,(H,19,20). The monoisotopic (exact) mass is 285 g/mol. The van der Waals surface area contributed by atoms with Crippen LogP contribution in [0.3, 0.4) is 0 Å². The van der Waals surface area contributed by atoms with E-state index in [0.717, 1.165) is 4.90 Å². The SMILES string of the molecule is C#CCN(CC(=O)O)C(=O)c1ccc(F)c2ccccc12. The molecule has 0 radical (unpaired) electrons. The third-order valence-corrected chi connectivity index (χ3v) is 3.00. The smallest absolute Gasteiger partial charge is 0.323 e. The predicted molar refractivity (Wildman–Crippen MR) is 76.3 cm³/mol. The summed E-state index contributed by atoms with van der Waals surface area (Å²) in [5.74, 6) is 0.112. The Morgan fingerprint density at radius 3 is 2.48 bits per heavy atom. The highest BCUT2D eigenvalue weighted by Crippen LogP contribution is 2.23. The van der Waals surface area contributed by atoms with Crippen molar-refractivity contribution < 1.29 is 19.1 Å². The maximum atomic E-state index is 13.7. The molecule has 0 aliphatic rings. The number of hydrogen-bond donors (Lipinski definition) is 1. The van der Waals surface area contributed by atoms with Crippen LogP contribution in [0.25, 0.3) is 10.8 Å². The molecule has 1 N–H and O–H groups in total. The van der Waals surface area contributed by atoms with Crippen molar-refractivity contribution in [3.8, 4) is 12.3 Å². The van der Waals surface area contributed by atoms with E-state index in [1.807, 2.05) is 0 Å². The number of amides is 1. The Labute approximate surface area is 120 Å². The Kier molecular flexibility index (Phi) is 4.19. The van der Waals surface area contributed by atoms with Crippen LogP contribution in [0.5, 0.6) is 0 Å². The van der Waals surface area contributed by atoms with Crippen LogP contribution in [0.1, 0.15) is 10.4 Å². The van der Waals surface area contributed by atoms with E-state index in [4.69, 9.17) is 11.5 Å². The molecule has 106 valence electrons. The van der Waals surface area contributed by atoms with Gasteiger partial charge in [0, 0.05) is 10.9 Å². The zero-order valence-corrected chi connectivity index (χ0v) is 11.0. The van der Waals surface area contributed by atoms with E-state index < -0.39 is 24.2 Å². The number of halogens is 1. The molecular weight excluding hydrogens is 273 g/mol. The van der Waals surface area contributed by atoms with Gasteiger partial charge < -0.3 is 10.0 Å². The quantitative estimate of drug-likeness (QED) is 0.876. The number of benzene rings is 2. The molecule has 2 rings (SSSR count).